The van der Waals surface area contributed by atoms with Crippen LogP contribution in [0.5, 0.6) is 0 Å². The monoisotopic (exact) mass is 369 g/mol. The number of hydrogen-bond donors (Lipinski definition) is 2. The summed E-state index contributed by atoms with van der Waals surface area (Å²) < 4.78 is 0. The maximum absolute atomic E-state index is 12.4. The molecule has 0 aliphatic heterocycles. The van der Waals surface area contributed by atoms with Crippen molar-refractivity contribution in [2.24, 2.45) is 28.9 Å². The number of carbonyl (C=O) groups is 2. The van der Waals surface area contributed by atoms with Gasteiger partial charge in [-0.3, -0.25) is 9.59 Å². The molecule has 5 unspecified atom stereocenters. The van der Waals surface area contributed by atoms with Crippen molar-refractivity contribution in [2.45, 2.75) is 57.8 Å². The SMILES string of the molecule is CC(CC1C2CCC(C(N)=O)(C2)C1C=CCCCC(=O)O)c1ccccc1. The lowest BCUT2D eigenvalue weighted by Gasteiger charge is -2.37. The van der Waals surface area contributed by atoms with Gasteiger partial charge in [0, 0.05) is 6.42 Å². The molecule has 1 amide bonds. The van der Waals surface area contributed by atoms with Crippen molar-refractivity contribution < 1.29 is 14.7 Å². The Morgan fingerprint density at radius 3 is 2.74 bits per heavy atom. The van der Waals surface area contributed by atoms with Gasteiger partial charge in [0.25, 0.3) is 0 Å². The van der Waals surface area contributed by atoms with Crippen LogP contribution in [0.15, 0.2) is 42.5 Å². The first-order valence-corrected chi connectivity index (χ1v) is 10.2. The van der Waals surface area contributed by atoms with Gasteiger partial charge in [-0.2, -0.15) is 0 Å². The summed E-state index contributed by atoms with van der Waals surface area (Å²) >= 11 is 0. The number of aliphatic carboxylic acids is 1. The molecule has 27 heavy (non-hydrogen) atoms. The van der Waals surface area contributed by atoms with E-state index in [0.29, 0.717) is 24.2 Å². The molecule has 0 aromatic heterocycles. The summed E-state index contributed by atoms with van der Waals surface area (Å²) in [4.78, 5) is 23.1. The molecule has 2 bridgehead atoms. The number of allylic oxidation sites excluding steroid dienone is 2. The number of carboxylic acids is 1. The van der Waals surface area contributed by atoms with E-state index in [9.17, 15) is 9.59 Å². The highest BCUT2D eigenvalue weighted by Gasteiger charge is 2.59. The number of benzene rings is 1. The van der Waals surface area contributed by atoms with Crippen LogP contribution in [0.2, 0.25) is 0 Å². The van der Waals surface area contributed by atoms with Gasteiger partial charge in [0.05, 0.1) is 5.41 Å². The number of carboxylic acid groups (broad SMARTS) is 1. The van der Waals surface area contributed by atoms with E-state index >= 15 is 0 Å². The predicted molar refractivity (Wildman–Crippen MR) is 106 cm³/mol. The number of primary amides is 1. The van der Waals surface area contributed by atoms with Crippen molar-refractivity contribution in [3.05, 3.63) is 48.0 Å². The van der Waals surface area contributed by atoms with Crippen molar-refractivity contribution in [1.29, 1.82) is 0 Å². The summed E-state index contributed by atoms with van der Waals surface area (Å²) in [7, 11) is 0. The minimum atomic E-state index is -0.758. The minimum absolute atomic E-state index is 0.153. The van der Waals surface area contributed by atoms with Gasteiger partial charge in [0.1, 0.15) is 0 Å². The first kappa shape index (κ1) is 19.7. The Hall–Kier alpha value is -2.10. The number of amides is 1. The van der Waals surface area contributed by atoms with Crippen molar-refractivity contribution in [3.8, 4) is 0 Å². The predicted octanol–water partition coefficient (Wildman–Crippen LogP) is 4.51. The summed E-state index contributed by atoms with van der Waals surface area (Å²) in [5.41, 5.74) is 6.84. The Kier molecular flexibility index (Phi) is 6.03. The van der Waals surface area contributed by atoms with Gasteiger partial charge in [-0.15, -0.1) is 0 Å². The Balaban J connectivity index is 1.73. The second-order valence-electron chi connectivity index (χ2n) is 8.47. The van der Waals surface area contributed by atoms with Gasteiger partial charge in [-0.05, 0) is 67.8 Å². The Morgan fingerprint density at radius 2 is 2.07 bits per heavy atom. The lowest BCUT2D eigenvalue weighted by atomic mass is 9.67. The average molecular weight is 370 g/mol. The van der Waals surface area contributed by atoms with Gasteiger partial charge in [-0.25, -0.2) is 0 Å². The lowest BCUT2D eigenvalue weighted by Crippen LogP contribution is -2.41. The summed E-state index contributed by atoms with van der Waals surface area (Å²) in [5, 5.41) is 8.79. The third-order valence-electron chi connectivity index (χ3n) is 6.88. The maximum Gasteiger partial charge on any atom is 0.303 e. The second-order valence-corrected chi connectivity index (χ2v) is 8.47. The number of rotatable bonds is 9. The van der Waals surface area contributed by atoms with Crippen LogP contribution >= 0.6 is 0 Å². The van der Waals surface area contributed by atoms with Crippen LogP contribution in [0.25, 0.3) is 0 Å². The van der Waals surface area contributed by atoms with E-state index in [-0.39, 0.29) is 18.2 Å². The standard InChI is InChI=1S/C23H31NO3/c1-16(17-8-4-2-5-9-17)14-19-18-12-13-23(15-18,22(24)27)20(19)10-6-3-7-11-21(25)26/h2,4-6,8-10,16,18-20H,3,7,11-15H2,1H3,(H2,24,27)(H,25,26). The van der Waals surface area contributed by atoms with Gasteiger partial charge < -0.3 is 10.8 Å². The molecule has 3 N–H and O–H groups in total. The van der Waals surface area contributed by atoms with Crippen LogP contribution in [0, 0.1) is 23.2 Å². The van der Waals surface area contributed by atoms with Crippen molar-refractivity contribution in [3.63, 3.8) is 0 Å². The zero-order valence-corrected chi connectivity index (χ0v) is 16.1. The second kappa shape index (κ2) is 8.28. The molecule has 2 saturated carbocycles. The van der Waals surface area contributed by atoms with Crippen LogP contribution in [-0.2, 0) is 9.59 Å². The molecule has 0 spiro atoms. The van der Waals surface area contributed by atoms with Gasteiger partial charge in [0.2, 0.25) is 5.91 Å². The third kappa shape index (κ3) is 4.10. The van der Waals surface area contributed by atoms with E-state index in [1.807, 2.05) is 6.07 Å². The van der Waals surface area contributed by atoms with Crippen LogP contribution in [0.3, 0.4) is 0 Å². The molecule has 0 radical (unpaired) electrons. The van der Waals surface area contributed by atoms with E-state index < -0.39 is 11.4 Å². The summed E-state index contributed by atoms with van der Waals surface area (Å²) in [6.45, 7) is 2.27. The normalized spacial score (nSPS) is 30.6. The molecule has 3 rings (SSSR count). The largest absolute Gasteiger partial charge is 0.481 e. The minimum Gasteiger partial charge on any atom is -0.481 e. The third-order valence-corrected chi connectivity index (χ3v) is 6.88. The van der Waals surface area contributed by atoms with E-state index in [1.165, 1.54) is 5.56 Å². The molecule has 2 aliphatic rings. The maximum atomic E-state index is 12.4. The molecular formula is C23H31NO3. The molecular weight excluding hydrogens is 338 g/mol. The smallest absolute Gasteiger partial charge is 0.303 e. The molecule has 0 saturated heterocycles. The van der Waals surface area contributed by atoms with E-state index in [4.69, 9.17) is 10.8 Å². The molecule has 146 valence electrons. The molecule has 0 heterocycles. The summed E-state index contributed by atoms with van der Waals surface area (Å²) in [5.74, 6) is 0.759. The van der Waals surface area contributed by atoms with Gasteiger partial charge in [0.15, 0.2) is 0 Å². The van der Waals surface area contributed by atoms with E-state index in [2.05, 4.69) is 43.3 Å². The molecule has 4 heteroatoms. The highest BCUT2D eigenvalue weighted by Crippen LogP contribution is 2.62. The molecule has 1 aromatic rings. The first-order chi connectivity index (χ1) is 12.9. The quantitative estimate of drug-likeness (QED) is 0.496. The summed E-state index contributed by atoms with van der Waals surface area (Å²) in [6, 6.07) is 10.6. The zero-order valence-electron chi connectivity index (χ0n) is 16.1. The Morgan fingerprint density at radius 1 is 1.33 bits per heavy atom. The van der Waals surface area contributed by atoms with Crippen molar-refractivity contribution in [1.82, 2.24) is 0 Å². The van der Waals surface area contributed by atoms with E-state index in [0.717, 1.165) is 32.1 Å². The fraction of sp³-hybridized carbons (Fsp3) is 0.565. The van der Waals surface area contributed by atoms with E-state index in [1.54, 1.807) is 0 Å². The van der Waals surface area contributed by atoms with Crippen molar-refractivity contribution in [2.75, 3.05) is 0 Å². The molecule has 1 aromatic carbocycles. The van der Waals surface area contributed by atoms with Gasteiger partial charge in [-0.1, -0.05) is 49.4 Å². The number of unbranched alkanes of at least 4 members (excludes halogenated alkanes) is 1. The van der Waals surface area contributed by atoms with Crippen LogP contribution in [-0.4, -0.2) is 17.0 Å². The van der Waals surface area contributed by atoms with Gasteiger partial charge >= 0.3 is 5.97 Å². The first-order valence-electron chi connectivity index (χ1n) is 10.2. The van der Waals surface area contributed by atoms with Crippen LogP contribution < -0.4 is 5.73 Å². The molecule has 2 aliphatic carbocycles. The molecule has 2 fully saturated rings. The lowest BCUT2D eigenvalue weighted by molar-refractivity contribution is -0.137. The summed E-state index contributed by atoms with van der Waals surface area (Å²) in [6.07, 6.45) is 9.80. The number of carbonyl (C=O) groups excluding carboxylic acids is 1. The fourth-order valence-electron chi connectivity index (χ4n) is 5.48. The topological polar surface area (TPSA) is 80.4 Å². The van der Waals surface area contributed by atoms with Crippen LogP contribution in [0.4, 0.5) is 0 Å². The zero-order chi connectivity index (χ0) is 19.4. The Bertz CT molecular complexity index is 699. The number of nitrogens with two attached hydrogens (primary N) is 1. The number of hydrogen-bond acceptors (Lipinski definition) is 2. The Labute approximate surface area is 161 Å². The number of fused-ring (bicyclic) bond motifs is 2. The average Bonchev–Trinajstić information content (AvgIpc) is 3.21. The van der Waals surface area contributed by atoms with Crippen molar-refractivity contribution >= 4 is 11.9 Å². The molecule has 4 nitrogen and oxygen atoms in total. The fourth-order valence-corrected chi connectivity index (χ4v) is 5.48. The highest BCUT2D eigenvalue weighted by molar-refractivity contribution is 5.82. The van der Waals surface area contributed by atoms with Crippen LogP contribution in [0.1, 0.15) is 63.4 Å². The highest BCUT2D eigenvalue weighted by atomic mass is 16.4. The molecule has 5 atom stereocenters.